The van der Waals surface area contributed by atoms with Crippen molar-refractivity contribution >= 4 is 0 Å². The Bertz CT molecular complexity index is 565. The molecule has 2 nitrogen and oxygen atoms in total. The lowest BCUT2D eigenvalue weighted by Crippen LogP contribution is -2.26. The fraction of sp³-hybridized carbons (Fsp3) is 0.760. The van der Waals surface area contributed by atoms with Crippen LogP contribution in [0.4, 0.5) is 4.39 Å². The van der Waals surface area contributed by atoms with Gasteiger partial charge in [-0.25, -0.2) is 4.39 Å². The summed E-state index contributed by atoms with van der Waals surface area (Å²) in [6.45, 7) is 1.56. The van der Waals surface area contributed by atoms with E-state index in [1.54, 1.807) is 12.1 Å². The highest BCUT2D eigenvalue weighted by molar-refractivity contribution is 5.16. The SMILES string of the molecule is Fc1ccc(CC[C@H]2CC[C@H]([C@H]3CC[C@H](CCC4OCCO4)CC3)CC2)cc1. The summed E-state index contributed by atoms with van der Waals surface area (Å²) < 4.78 is 24.2. The van der Waals surface area contributed by atoms with Gasteiger partial charge in [0.2, 0.25) is 0 Å². The molecule has 1 aromatic rings. The fourth-order valence-electron chi connectivity index (χ4n) is 5.86. The molecule has 3 heteroatoms. The first-order valence-electron chi connectivity index (χ1n) is 11.7. The third kappa shape index (κ3) is 5.79. The molecule has 0 amide bonds. The van der Waals surface area contributed by atoms with E-state index in [0.29, 0.717) is 0 Å². The lowest BCUT2D eigenvalue weighted by atomic mass is 9.68. The minimum Gasteiger partial charge on any atom is -0.350 e. The number of hydrogen-bond acceptors (Lipinski definition) is 2. The van der Waals surface area contributed by atoms with Crippen LogP contribution in [0.1, 0.15) is 76.2 Å². The summed E-state index contributed by atoms with van der Waals surface area (Å²) in [6, 6.07) is 7.08. The Morgan fingerprint density at radius 2 is 1.21 bits per heavy atom. The third-order valence-corrected chi connectivity index (χ3v) is 7.71. The zero-order chi connectivity index (χ0) is 19.2. The first-order chi connectivity index (χ1) is 13.8. The molecule has 0 bridgehead atoms. The molecule has 0 aromatic heterocycles. The molecular weight excluding hydrogens is 351 g/mol. The normalized spacial score (nSPS) is 31.9. The first-order valence-corrected chi connectivity index (χ1v) is 11.7. The Morgan fingerprint density at radius 3 is 1.79 bits per heavy atom. The van der Waals surface area contributed by atoms with Gasteiger partial charge in [0.25, 0.3) is 0 Å². The molecule has 3 fully saturated rings. The maximum atomic E-state index is 13.0. The van der Waals surface area contributed by atoms with Crippen LogP contribution < -0.4 is 0 Å². The van der Waals surface area contributed by atoms with Crippen molar-refractivity contribution in [3.8, 4) is 0 Å². The molecule has 0 N–H and O–H groups in total. The van der Waals surface area contributed by atoms with Crippen LogP contribution in [-0.2, 0) is 15.9 Å². The number of ether oxygens (including phenoxy) is 2. The molecule has 3 aliphatic rings. The van der Waals surface area contributed by atoms with Gasteiger partial charge < -0.3 is 9.47 Å². The summed E-state index contributed by atoms with van der Waals surface area (Å²) in [4.78, 5) is 0. The molecule has 1 aromatic carbocycles. The summed E-state index contributed by atoms with van der Waals surface area (Å²) in [5.74, 6) is 3.61. The molecule has 0 radical (unpaired) electrons. The van der Waals surface area contributed by atoms with Crippen molar-refractivity contribution in [1.29, 1.82) is 0 Å². The molecule has 2 saturated carbocycles. The maximum absolute atomic E-state index is 13.0. The predicted molar refractivity (Wildman–Crippen MR) is 111 cm³/mol. The van der Waals surface area contributed by atoms with Crippen molar-refractivity contribution < 1.29 is 13.9 Å². The molecule has 28 heavy (non-hydrogen) atoms. The van der Waals surface area contributed by atoms with Crippen LogP contribution in [0.25, 0.3) is 0 Å². The average Bonchev–Trinajstić information content (AvgIpc) is 3.26. The van der Waals surface area contributed by atoms with Crippen molar-refractivity contribution in [3.05, 3.63) is 35.6 Å². The Balaban J connectivity index is 1.11. The second kappa shape index (κ2) is 10.2. The van der Waals surface area contributed by atoms with Crippen LogP contribution in [0.2, 0.25) is 0 Å². The molecule has 156 valence electrons. The second-order valence-corrected chi connectivity index (χ2v) is 9.48. The van der Waals surface area contributed by atoms with Gasteiger partial charge in [-0.3, -0.25) is 0 Å². The van der Waals surface area contributed by atoms with Crippen LogP contribution >= 0.6 is 0 Å². The summed E-state index contributed by atoms with van der Waals surface area (Å²) in [7, 11) is 0. The highest BCUT2D eigenvalue weighted by atomic mass is 19.1. The number of rotatable bonds is 7. The molecule has 0 unspecified atom stereocenters. The number of aryl methyl sites for hydroxylation is 1. The van der Waals surface area contributed by atoms with Crippen LogP contribution in [-0.4, -0.2) is 19.5 Å². The summed E-state index contributed by atoms with van der Waals surface area (Å²) in [5, 5.41) is 0. The van der Waals surface area contributed by atoms with Gasteiger partial charge in [0.15, 0.2) is 6.29 Å². The fourth-order valence-corrected chi connectivity index (χ4v) is 5.86. The molecule has 1 aliphatic heterocycles. The van der Waals surface area contributed by atoms with Gasteiger partial charge in [-0.05, 0) is 92.7 Å². The van der Waals surface area contributed by atoms with E-state index in [9.17, 15) is 4.39 Å². The van der Waals surface area contributed by atoms with Crippen molar-refractivity contribution in [3.63, 3.8) is 0 Å². The molecular formula is C25H37FO2. The van der Waals surface area contributed by atoms with Gasteiger partial charge in [-0.1, -0.05) is 37.8 Å². The van der Waals surface area contributed by atoms with Crippen LogP contribution in [0.5, 0.6) is 0 Å². The van der Waals surface area contributed by atoms with Crippen LogP contribution in [0.3, 0.4) is 0 Å². The molecule has 1 heterocycles. The van der Waals surface area contributed by atoms with Gasteiger partial charge in [-0.2, -0.15) is 0 Å². The maximum Gasteiger partial charge on any atom is 0.157 e. The topological polar surface area (TPSA) is 18.5 Å². The third-order valence-electron chi connectivity index (χ3n) is 7.71. The van der Waals surface area contributed by atoms with Crippen LogP contribution in [0, 0.1) is 29.5 Å². The largest absolute Gasteiger partial charge is 0.350 e. The number of halogens is 1. The van der Waals surface area contributed by atoms with Crippen molar-refractivity contribution in [2.45, 2.75) is 83.3 Å². The highest BCUT2D eigenvalue weighted by Crippen LogP contribution is 2.43. The summed E-state index contributed by atoms with van der Waals surface area (Å²) in [6.07, 6.45) is 16.3. The lowest BCUT2D eigenvalue weighted by molar-refractivity contribution is -0.0514. The Kier molecular flexibility index (Phi) is 7.42. The van der Waals surface area contributed by atoms with Crippen molar-refractivity contribution in [1.82, 2.24) is 0 Å². The summed E-state index contributed by atoms with van der Waals surface area (Å²) >= 11 is 0. The summed E-state index contributed by atoms with van der Waals surface area (Å²) in [5.41, 5.74) is 1.29. The monoisotopic (exact) mass is 388 g/mol. The van der Waals surface area contributed by atoms with E-state index in [1.165, 1.54) is 69.8 Å². The minimum atomic E-state index is -0.126. The smallest absolute Gasteiger partial charge is 0.157 e. The Labute approximate surface area is 170 Å². The lowest BCUT2D eigenvalue weighted by Gasteiger charge is -2.38. The molecule has 2 aliphatic carbocycles. The highest BCUT2D eigenvalue weighted by Gasteiger charge is 2.31. The number of benzene rings is 1. The standard InChI is InChI=1S/C25H37FO2/c26-24-14-7-20(8-15-24)2-1-19-3-10-22(11-4-19)23-12-5-21(6-13-23)9-16-25-27-17-18-28-25/h7-8,14-15,19,21-23,25H,1-6,9-13,16-18H2/t19-,21-,22-,23-. The van der Waals surface area contributed by atoms with Gasteiger partial charge in [0, 0.05) is 0 Å². The Morgan fingerprint density at radius 1 is 0.679 bits per heavy atom. The zero-order valence-corrected chi connectivity index (χ0v) is 17.3. The van der Waals surface area contributed by atoms with Gasteiger partial charge in [0.1, 0.15) is 5.82 Å². The van der Waals surface area contributed by atoms with Crippen molar-refractivity contribution in [2.24, 2.45) is 23.7 Å². The molecule has 0 atom stereocenters. The van der Waals surface area contributed by atoms with E-state index in [4.69, 9.17) is 9.47 Å². The Hall–Kier alpha value is -0.930. The molecule has 1 saturated heterocycles. The predicted octanol–water partition coefficient (Wildman–Crippen LogP) is 6.52. The molecule has 0 spiro atoms. The zero-order valence-electron chi connectivity index (χ0n) is 17.3. The van der Waals surface area contributed by atoms with E-state index in [1.807, 2.05) is 12.1 Å². The van der Waals surface area contributed by atoms with Crippen molar-refractivity contribution in [2.75, 3.05) is 13.2 Å². The van der Waals surface area contributed by atoms with E-state index in [0.717, 1.165) is 49.7 Å². The van der Waals surface area contributed by atoms with Gasteiger partial charge in [-0.15, -0.1) is 0 Å². The molecule has 4 rings (SSSR count). The number of hydrogen-bond donors (Lipinski definition) is 0. The van der Waals surface area contributed by atoms with Gasteiger partial charge >= 0.3 is 0 Å². The average molecular weight is 389 g/mol. The quantitative estimate of drug-likeness (QED) is 0.529. The van der Waals surface area contributed by atoms with E-state index in [-0.39, 0.29) is 12.1 Å². The van der Waals surface area contributed by atoms with Gasteiger partial charge in [0.05, 0.1) is 13.2 Å². The first kappa shape index (κ1) is 20.3. The van der Waals surface area contributed by atoms with E-state index >= 15 is 0 Å². The minimum absolute atomic E-state index is 0.0860. The second-order valence-electron chi connectivity index (χ2n) is 9.48. The van der Waals surface area contributed by atoms with E-state index in [2.05, 4.69) is 0 Å². The van der Waals surface area contributed by atoms with E-state index < -0.39 is 0 Å². The van der Waals surface area contributed by atoms with Crippen LogP contribution in [0.15, 0.2) is 24.3 Å².